The number of thiazole rings is 1. The number of benzene rings is 1. The van der Waals surface area contributed by atoms with E-state index in [-0.39, 0.29) is 5.56 Å². The number of amides is 1. The molecule has 0 atom stereocenters. The summed E-state index contributed by atoms with van der Waals surface area (Å²) in [6, 6.07) is 7.01. The number of carbonyl (C=O) groups excluding carboxylic acids is 2. The van der Waals surface area contributed by atoms with E-state index in [1.807, 2.05) is 0 Å². The van der Waals surface area contributed by atoms with Gasteiger partial charge in [0.25, 0.3) is 5.91 Å². The Morgan fingerprint density at radius 2 is 2.17 bits per heavy atom. The number of halogens is 1. The van der Waals surface area contributed by atoms with Crippen LogP contribution in [0.4, 0.5) is 9.52 Å². The normalized spacial score (nSPS) is 10.4. The summed E-state index contributed by atoms with van der Waals surface area (Å²) in [5.41, 5.74) is 1.81. The Labute approximate surface area is 140 Å². The first-order valence-electron chi connectivity index (χ1n) is 6.86. The average molecular weight is 345 g/mol. The number of aromatic amines is 1. The van der Waals surface area contributed by atoms with Gasteiger partial charge in [0.1, 0.15) is 11.5 Å². The highest BCUT2D eigenvalue weighted by molar-refractivity contribution is 7.14. The summed E-state index contributed by atoms with van der Waals surface area (Å²) in [4.78, 5) is 30.6. The van der Waals surface area contributed by atoms with Crippen LogP contribution in [0.3, 0.4) is 0 Å². The van der Waals surface area contributed by atoms with E-state index < -0.39 is 17.7 Å². The molecule has 0 aliphatic rings. The van der Waals surface area contributed by atoms with Gasteiger partial charge in [-0.05, 0) is 24.3 Å². The fourth-order valence-electron chi connectivity index (χ4n) is 2.03. The van der Waals surface area contributed by atoms with Gasteiger partial charge in [-0.25, -0.2) is 14.2 Å². The fraction of sp³-hybridized carbons (Fsp3) is 0.0625. The Kier molecular flexibility index (Phi) is 4.39. The maximum absolute atomic E-state index is 13.2. The lowest BCUT2D eigenvalue weighted by Gasteiger charge is -2.01. The van der Waals surface area contributed by atoms with E-state index >= 15 is 0 Å². The quantitative estimate of drug-likeness (QED) is 0.711. The number of rotatable bonds is 4. The second-order valence-corrected chi connectivity index (χ2v) is 5.65. The van der Waals surface area contributed by atoms with Crippen LogP contribution in [0.15, 0.2) is 41.9 Å². The first kappa shape index (κ1) is 15.9. The zero-order valence-corrected chi connectivity index (χ0v) is 13.3. The lowest BCUT2D eigenvalue weighted by molar-refractivity contribution is 0.0594. The van der Waals surface area contributed by atoms with Crippen LogP contribution in [-0.2, 0) is 4.74 Å². The number of esters is 1. The standard InChI is InChI=1S/C16H12FN3O3S/c1-23-15(22)12-6-10(7-18-12)13-8-24-16(19-13)20-14(21)9-3-2-4-11(17)5-9/h2-8,18H,1H3,(H,19,20,21). The molecule has 0 saturated carbocycles. The van der Waals surface area contributed by atoms with E-state index in [1.54, 1.807) is 17.6 Å². The van der Waals surface area contributed by atoms with Crippen molar-refractivity contribution in [3.05, 3.63) is 59.0 Å². The number of nitrogens with one attached hydrogen (secondary N) is 2. The highest BCUT2D eigenvalue weighted by Gasteiger charge is 2.13. The van der Waals surface area contributed by atoms with Crippen molar-refractivity contribution in [1.82, 2.24) is 9.97 Å². The number of ether oxygens (including phenoxy) is 1. The molecule has 2 aromatic heterocycles. The summed E-state index contributed by atoms with van der Waals surface area (Å²) in [6.07, 6.45) is 1.62. The molecule has 0 spiro atoms. The van der Waals surface area contributed by atoms with Gasteiger partial charge in [0.2, 0.25) is 0 Å². The number of hydrogen-bond donors (Lipinski definition) is 2. The SMILES string of the molecule is COC(=O)c1cc(-c2csc(NC(=O)c3cccc(F)c3)n2)c[nH]1. The maximum atomic E-state index is 13.2. The van der Waals surface area contributed by atoms with E-state index in [0.717, 1.165) is 6.07 Å². The monoisotopic (exact) mass is 345 g/mol. The Balaban J connectivity index is 1.75. The predicted octanol–water partition coefficient (Wildman–Crippen LogP) is 3.32. The van der Waals surface area contributed by atoms with Crippen molar-refractivity contribution in [3.8, 4) is 11.3 Å². The third-order valence-electron chi connectivity index (χ3n) is 3.20. The number of aromatic nitrogens is 2. The largest absolute Gasteiger partial charge is 0.464 e. The highest BCUT2D eigenvalue weighted by Crippen LogP contribution is 2.26. The molecule has 8 heteroatoms. The number of hydrogen-bond acceptors (Lipinski definition) is 5. The van der Waals surface area contributed by atoms with E-state index in [0.29, 0.717) is 22.1 Å². The Bertz CT molecular complexity index is 903. The number of carbonyl (C=O) groups is 2. The van der Waals surface area contributed by atoms with Crippen LogP contribution in [-0.4, -0.2) is 29.0 Å². The molecule has 0 aliphatic heterocycles. The summed E-state index contributed by atoms with van der Waals surface area (Å²) >= 11 is 1.23. The molecule has 0 bridgehead atoms. The fourth-order valence-corrected chi connectivity index (χ4v) is 2.75. The van der Waals surface area contributed by atoms with Gasteiger partial charge in [-0.1, -0.05) is 6.07 Å². The molecule has 1 aromatic carbocycles. The van der Waals surface area contributed by atoms with E-state index in [2.05, 4.69) is 20.0 Å². The van der Waals surface area contributed by atoms with Gasteiger partial charge in [0.05, 0.1) is 12.8 Å². The molecule has 6 nitrogen and oxygen atoms in total. The van der Waals surface area contributed by atoms with Gasteiger partial charge < -0.3 is 9.72 Å². The van der Waals surface area contributed by atoms with Crippen LogP contribution in [0.25, 0.3) is 11.3 Å². The minimum atomic E-state index is -0.481. The number of anilines is 1. The summed E-state index contributed by atoms with van der Waals surface area (Å²) < 4.78 is 17.8. The first-order valence-corrected chi connectivity index (χ1v) is 7.74. The predicted molar refractivity (Wildman–Crippen MR) is 87.6 cm³/mol. The molecule has 3 aromatic rings. The summed E-state index contributed by atoms with van der Waals surface area (Å²) in [6.45, 7) is 0. The second kappa shape index (κ2) is 6.63. The summed E-state index contributed by atoms with van der Waals surface area (Å²) in [5.74, 6) is -1.40. The van der Waals surface area contributed by atoms with Gasteiger partial charge in [0, 0.05) is 22.7 Å². The van der Waals surface area contributed by atoms with Crippen LogP contribution < -0.4 is 5.32 Å². The molecular weight excluding hydrogens is 333 g/mol. The zero-order chi connectivity index (χ0) is 17.1. The minimum absolute atomic E-state index is 0.210. The Morgan fingerprint density at radius 3 is 2.92 bits per heavy atom. The van der Waals surface area contributed by atoms with Crippen molar-refractivity contribution in [2.75, 3.05) is 12.4 Å². The molecule has 2 heterocycles. The van der Waals surface area contributed by atoms with E-state index in [4.69, 9.17) is 0 Å². The molecule has 0 fully saturated rings. The lowest BCUT2D eigenvalue weighted by Crippen LogP contribution is -2.11. The van der Waals surface area contributed by atoms with Gasteiger partial charge in [-0.2, -0.15) is 0 Å². The van der Waals surface area contributed by atoms with Gasteiger partial charge >= 0.3 is 5.97 Å². The molecule has 122 valence electrons. The Morgan fingerprint density at radius 1 is 1.33 bits per heavy atom. The molecule has 0 saturated heterocycles. The van der Waals surface area contributed by atoms with Crippen molar-refractivity contribution in [1.29, 1.82) is 0 Å². The van der Waals surface area contributed by atoms with Crippen molar-refractivity contribution >= 4 is 28.3 Å². The number of H-pyrrole nitrogens is 1. The maximum Gasteiger partial charge on any atom is 0.354 e. The molecule has 0 aliphatic carbocycles. The summed E-state index contributed by atoms with van der Waals surface area (Å²) in [5, 5.41) is 4.73. The summed E-state index contributed by atoms with van der Waals surface area (Å²) in [7, 11) is 1.30. The van der Waals surface area contributed by atoms with E-state index in [9.17, 15) is 14.0 Å². The van der Waals surface area contributed by atoms with Crippen molar-refractivity contribution in [2.24, 2.45) is 0 Å². The highest BCUT2D eigenvalue weighted by atomic mass is 32.1. The van der Waals surface area contributed by atoms with Crippen LogP contribution in [0.5, 0.6) is 0 Å². The number of nitrogens with zero attached hydrogens (tertiary/aromatic N) is 1. The van der Waals surface area contributed by atoms with Crippen LogP contribution in [0.2, 0.25) is 0 Å². The Hall–Kier alpha value is -3.00. The number of methoxy groups -OCH3 is 1. The van der Waals surface area contributed by atoms with E-state index in [1.165, 1.54) is 36.6 Å². The lowest BCUT2D eigenvalue weighted by atomic mass is 10.2. The molecule has 3 rings (SSSR count). The molecular formula is C16H12FN3O3S. The third-order valence-corrected chi connectivity index (χ3v) is 3.95. The van der Waals surface area contributed by atoms with Crippen molar-refractivity contribution in [2.45, 2.75) is 0 Å². The topological polar surface area (TPSA) is 84.1 Å². The van der Waals surface area contributed by atoms with Crippen molar-refractivity contribution in [3.63, 3.8) is 0 Å². The molecule has 0 radical (unpaired) electrons. The van der Waals surface area contributed by atoms with Gasteiger partial charge in [0.15, 0.2) is 5.13 Å². The molecule has 2 N–H and O–H groups in total. The third kappa shape index (κ3) is 3.33. The van der Waals surface area contributed by atoms with Crippen LogP contribution in [0, 0.1) is 5.82 Å². The smallest absolute Gasteiger partial charge is 0.354 e. The molecule has 1 amide bonds. The first-order chi connectivity index (χ1) is 11.6. The van der Waals surface area contributed by atoms with Crippen LogP contribution in [0.1, 0.15) is 20.8 Å². The zero-order valence-electron chi connectivity index (χ0n) is 12.5. The van der Waals surface area contributed by atoms with Gasteiger partial charge in [-0.15, -0.1) is 11.3 Å². The molecule has 0 unspecified atom stereocenters. The minimum Gasteiger partial charge on any atom is -0.464 e. The molecule has 24 heavy (non-hydrogen) atoms. The van der Waals surface area contributed by atoms with Crippen molar-refractivity contribution < 1.29 is 18.7 Å². The van der Waals surface area contributed by atoms with Gasteiger partial charge in [-0.3, -0.25) is 10.1 Å². The average Bonchev–Trinajstić information content (AvgIpc) is 3.23. The second-order valence-electron chi connectivity index (χ2n) is 4.80. The van der Waals surface area contributed by atoms with Crippen LogP contribution >= 0.6 is 11.3 Å².